The fourth-order valence-electron chi connectivity index (χ4n) is 3.69. The number of benzene rings is 1. The molecule has 2 heterocycles. The van der Waals surface area contributed by atoms with E-state index in [0.717, 1.165) is 17.3 Å². The van der Waals surface area contributed by atoms with Gasteiger partial charge < -0.3 is 14.7 Å². The predicted octanol–water partition coefficient (Wildman–Crippen LogP) is 2.27. The van der Waals surface area contributed by atoms with Crippen molar-refractivity contribution in [2.45, 2.75) is 26.4 Å². The van der Waals surface area contributed by atoms with E-state index in [0.29, 0.717) is 19.7 Å². The van der Waals surface area contributed by atoms with E-state index >= 15 is 0 Å². The third-order valence-electron chi connectivity index (χ3n) is 5.00. The SMILES string of the molecule is COCC(C)(C)C(=O)N1C[C@@H](Cc2ccnc3ccccc23)[C@H](O)C1. The molecule has 0 spiro atoms. The van der Waals surface area contributed by atoms with Crippen molar-refractivity contribution < 1.29 is 14.6 Å². The van der Waals surface area contributed by atoms with Gasteiger partial charge in [0.15, 0.2) is 0 Å². The van der Waals surface area contributed by atoms with Crippen LogP contribution in [0.5, 0.6) is 0 Å². The molecule has 1 aliphatic heterocycles. The number of pyridine rings is 1. The third-order valence-corrected chi connectivity index (χ3v) is 5.00. The minimum absolute atomic E-state index is 0.0353. The first-order valence-electron chi connectivity index (χ1n) is 8.71. The van der Waals surface area contributed by atoms with Crippen LogP contribution in [0.2, 0.25) is 0 Å². The largest absolute Gasteiger partial charge is 0.391 e. The highest BCUT2D eigenvalue weighted by atomic mass is 16.5. The maximum atomic E-state index is 12.7. The van der Waals surface area contributed by atoms with Gasteiger partial charge in [0.25, 0.3) is 0 Å². The summed E-state index contributed by atoms with van der Waals surface area (Å²) in [5, 5.41) is 11.6. The second-order valence-corrected chi connectivity index (χ2v) is 7.55. The van der Waals surface area contributed by atoms with E-state index in [1.165, 1.54) is 5.56 Å². The van der Waals surface area contributed by atoms with Crippen molar-refractivity contribution in [3.8, 4) is 0 Å². The molecule has 2 aromatic rings. The van der Waals surface area contributed by atoms with E-state index in [-0.39, 0.29) is 11.8 Å². The fourth-order valence-corrected chi connectivity index (χ4v) is 3.69. The molecule has 3 rings (SSSR count). The van der Waals surface area contributed by atoms with Gasteiger partial charge in [-0.2, -0.15) is 0 Å². The van der Waals surface area contributed by atoms with Crippen LogP contribution in [0.15, 0.2) is 36.5 Å². The zero-order valence-corrected chi connectivity index (χ0v) is 15.1. The Labute approximate surface area is 148 Å². The van der Waals surface area contributed by atoms with Crippen molar-refractivity contribution in [3.63, 3.8) is 0 Å². The first kappa shape index (κ1) is 17.8. The normalized spacial score (nSPS) is 21.0. The summed E-state index contributed by atoms with van der Waals surface area (Å²) in [4.78, 5) is 18.9. The summed E-state index contributed by atoms with van der Waals surface area (Å²) in [7, 11) is 1.60. The molecule has 1 aromatic heterocycles. The number of β-amino-alcohol motifs (C(OH)–C–C–N with tert-alkyl or cyclic N) is 1. The molecule has 1 saturated heterocycles. The van der Waals surface area contributed by atoms with Crippen LogP contribution in [0, 0.1) is 11.3 Å². The van der Waals surface area contributed by atoms with Gasteiger partial charge in [-0.05, 0) is 38.0 Å². The Kier molecular flexibility index (Phi) is 5.06. The lowest BCUT2D eigenvalue weighted by molar-refractivity contribution is -0.142. The number of para-hydroxylation sites is 1. The predicted molar refractivity (Wildman–Crippen MR) is 97.2 cm³/mol. The molecule has 2 atom stereocenters. The number of rotatable bonds is 5. The molecule has 134 valence electrons. The van der Waals surface area contributed by atoms with E-state index in [2.05, 4.69) is 11.1 Å². The Morgan fingerprint density at radius 2 is 2.08 bits per heavy atom. The maximum Gasteiger partial charge on any atom is 0.230 e. The van der Waals surface area contributed by atoms with Crippen molar-refractivity contribution in [1.82, 2.24) is 9.88 Å². The van der Waals surface area contributed by atoms with Crippen LogP contribution in [0.1, 0.15) is 19.4 Å². The number of aromatic nitrogens is 1. The van der Waals surface area contributed by atoms with Gasteiger partial charge in [0.05, 0.1) is 23.6 Å². The highest BCUT2D eigenvalue weighted by Crippen LogP contribution is 2.28. The molecular weight excluding hydrogens is 316 g/mol. The molecule has 0 saturated carbocycles. The summed E-state index contributed by atoms with van der Waals surface area (Å²) in [6.45, 7) is 5.10. The Morgan fingerprint density at radius 1 is 1.32 bits per heavy atom. The van der Waals surface area contributed by atoms with Gasteiger partial charge in [0, 0.05) is 37.7 Å². The van der Waals surface area contributed by atoms with Crippen LogP contribution < -0.4 is 0 Å². The molecule has 0 bridgehead atoms. The topological polar surface area (TPSA) is 62.7 Å². The van der Waals surface area contributed by atoms with Gasteiger partial charge in [-0.15, -0.1) is 0 Å². The van der Waals surface area contributed by atoms with E-state index in [9.17, 15) is 9.90 Å². The van der Waals surface area contributed by atoms with Crippen molar-refractivity contribution in [2.24, 2.45) is 11.3 Å². The number of fused-ring (bicyclic) bond motifs is 1. The number of aliphatic hydroxyl groups is 1. The van der Waals surface area contributed by atoms with Gasteiger partial charge in [-0.25, -0.2) is 0 Å². The summed E-state index contributed by atoms with van der Waals surface area (Å²) in [5.41, 5.74) is 1.55. The van der Waals surface area contributed by atoms with Crippen molar-refractivity contribution >= 4 is 16.8 Å². The smallest absolute Gasteiger partial charge is 0.230 e. The average molecular weight is 342 g/mol. The minimum Gasteiger partial charge on any atom is -0.391 e. The van der Waals surface area contributed by atoms with Gasteiger partial charge in [-0.1, -0.05) is 18.2 Å². The molecule has 1 aliphatic rings. The zero-order valence-electron chi connectivity index (χ0n) is 15.1. The van der Waals surface area contributed by atoms with Crippen molar-refractivity contribution in [2.75, 3.05) is 26.8 Å². The molecule has 5 heteroatoms. The lowest BCUT2D eigenvalue weighted by Crippen LogP contribution is -2.42. The van der Waals surface area contributed by atoms with Crippen LogP contribution >= 0.6 is 0 Å². The average Bonchev–Trinajstić information content (AvgIpc) is 2.95. The summed E-state index contributed by atoms with van der Waals surface area (Å²) < 4.78 is 5.17. The van der Waals surface area contributed by atoms with Crippen LogP contribution in [0.3, 0.4) is 0 Å². The third kappa shape index (κ3) is 3.67. The summed E-state index contributed by atoms with van der Waals surface area (Å²) in [5.74, 6) is 0.0728. The number of ether oxygens (including phenoxy) is 1. The first-order chi connectivity index (χ1) is 11.9. The number of likely N-dealkylation sites (tertiary alicyclic amines) is 1. The zero-order chi connectivity index (χ0) is 18.0. The molecule has 0 radical (unpaired) electrons. The highest BCUT2D eigenvalue weighted by molar-refractivity contribution is 5.83. The monoisotopic (exact) mass is 342 g/mol. The Hall–Kier alpha value is -1.98. The number of carbonyl (C=O) groups excluding carboxylic acids is 1. The molecule has 1 amide bonds. The lowest BCUT2D eigenvalue weighted by Gasteiger charge is -2.28. The summed E-state index contributed by atoms with van der Waals surface area (Å²) in [6, 6.07) is 10.0. The second kappa shape index (κ2) is 7.10. The second-order valence-electron chi connectivity index (χ2n) is 7.55. The van der Waals surface area contributed by atoms with Gasteiger partial charge in [0.1, 0.15) is 0 Å². The number of nitrogens with zero attached hydrogens (tertiary/aromatic N) is 2. The van der Waals surface area contributed by atoms with E-state index < -0.39 is 11.5 Å². The Bertz CT molecular complexity index is 754. The molecule has 25 heavy (non-hydrogen) atoms. The molecule has 0 unspecified atom stereocenters. The maximum absolute atomic E-state index is 12.7. The number of hydrogen-bond acceptors (Lipinski definition) is 4. The summed E-state index contributed by atoms with van der Waals surface area (Å²) in [6.07, 6.45) is 2.04. The lowest BCUT2D eigenvalue weighted by atomic mass is 9.92. The molecule has 0 aliphatic carbocycles. The van der Waals surface area contributed by atoms with E-state index in [4.69, 9.17) is 4.74 Å². The van der Waals surface area contributed by atoms with Gasteiger partial charge in [0.2, 0.25) is 5.91 Å². The molecule has 1 aromatic carbocycles. The Morgan fingerprint density at radius 3 is 2.84 bits per heavy atom. The molecule has 5 nitrogen and oxygen atoms in total. The van der Waals surface area contributed by atoms with Crippen LogP contribution in [0.25, 0.3) is 10.9 Å². The standard InChI is InChI=1S/C20H26N2O3/c1-20(2,13-25-3)19(24)22-11-15(18(23)12-22)10-14-8-9-21-17-7-5-4-6-16(14)17/h4-9,15,18,23H,10-13H2,1-3H3/t15-,18-/m1/s1. The first-order valence-corrected chi connectivity index (χ1v) is 8.71. The van der Waals surface area contributed by atoms with Gasteiger partial charge in [-0.3, -0.25) is 9.78 Å². The van der Waals surface area contributed by atoms with E-state index in [1.54, 1.807) is 12.0 Å². The number of methoxy groups -OCH3 is 1. The number of aliphatic hydroxyl groups excluding tert-OH is 1. The number of hydrogen-bond donors (Lipinski definition) is 1. The van der Waals surface area contributed by atoms with Crippen LogP contribution in [-0.2, 0) is 16.0 Å². The number of carbonyl (C=O) groups is 1. The summed E-state index contributed by atoms with van der Waals surface area (Å²) >= 11 is 0. The molecule has 1 fully saturated rings. The van der Waals surface area contributed by atoms with E-state index in [1.807, 2.05) is 44.3 Å². The fraction of sp³-hybridized carbons (Fsp3) is 0.500. The Balaban J connectivity index is 1.75. The highest BCUT2D eigenvalue weighted by Gasteiger charge is 2.39. The number of amides is 1. The van der Waals surface area contributed by atoms with Crippen molar-refractivity contribution in [3.05, 3.63) is 42.1 Å². The minimum atomic E-state index is -0.577. The molecular formula is C20H26N2O3. The molecule has 1 N–H and O–H groups in total. The van der Waals surface area contributed by atoms with Crippen LogP contribution in [0.4, 0.5) is 0 Å². The van der Waals surface area contributed by atoms with Crippen LogP contribution in [-0.4, -0.2) is 53.8 Å². The van der Waals surface area contributed by atoms with Gasteiger partial charge >= 0.3 is 0 Å². The van der Waals surface area contributed by atoms with Crippen molar-refractivity contribution in [1.29, 1.82) is 0 Å². The quantitative estimate of drug-likeness (QED) is 0.905.